The molecule has 0 fully saturated rings. The van der Waals surface area contributed by atoms with Gasteiger partial charge >= 0.3 is 5.97 Å². The van der Waals surface area contributed by atoms with Crippen molar-refractivity contribution < 1.29 is 9.53 Å². The number of ether oxygens (including phenoxy) is 1. The molecule has 0 amide bonds. The monoisotopic (exact) mass is 262 g/mol. The zero-order chi connectivity index (χ0) is 10.0. The highest BCUT2D eigenvalue weighted by molar-refractivity contribution is 9.10. The first-order valence-electron chi connectivity index (χ1n) is 3.60. The molecule has 0 unspecified atom stereocenters. The molecule has 1 aromatic carbocycles. The van der Waals surface area contributed by atoms with Gasteiger partial charge in [0, 0.05) is 4.47 Å². The van der Waals surface area contributed by atoms with E-state index in [2.05, 4.69) is 20.7 Å². The van der Waals surface area contributed by atoms with Gasteiger partial charge in [0.25, 0.3) is 0 Å². The van der Waals surface area contributed by atoms with Crippen molar-refractivity contribution in [2.45, 2.75) is 6.92 Å². The minimum absolute atomic E-state index is 0.377. The molecule has 0 saturated carbocycles. The average Bonchev–Trinajstić information content (AvgIpc) is 2.10. The predicted octanol–water partition coefficient (Wildman–Crippen LogP) is 3.20. The summed E-state index contributed by atoms with van der Waals surface area (Å²) in [6.07, 6.45) is 0. The molecule has 13 heavy (non-hydrogen) atoms. The standard InChI is InChI=1S/C9H8BrClO2/c1-5-3-8(11)6(4-7(5)10)9(12)13-2/h3-4H,1-2H3. The maximum atomic E-state index is 11.2. The fourth-order valence-corrected chi connectivity index (χ4v) is 1.55. The summed E-state index contributed by atoms with van der Waals surface area (Å²) in [5.41, 5.74) is 1.36. The molecule has 0 aliphatic rings. The Labute approximate surface area is 90.0 Å². The Morgan fingerprint density at radius 2 is 2.15 bits per heavy atom. The van der Waals surface area contributed by atoms with Gasteiger partial charge in [-0.05, 0) is 24.6 Å². The van der Waals surface area contributed by atoms with Gasteiger partial charge < -0.3 is 4.74 Å². The maximum Gasteiger partial charge on any atom is 0.339 e. The molecule has 2 nitrogen and oxygen atoms in total. The molecule has 0 saturated heterocycles. The lowest BCUT2D eigenvalue weighted by Gasteiger charge is -2.04. The first-order chi connectivity index (χ1) is 6.06. The number of esters is 1. The lowest BCUT2D eigenvalue weighted by molar-refractivity contribution is 0.0601. The molecule has 0 N–H and O–H groups in total. The molecular weight excluding hydrogens is 255 g/mol. The first-order valence-corrected chi connectivity index (χ1v) is 4.77. The molecule has 0 aromatic heterocycles. The maximum absolute atomic E-state index is 11.2. The average molecular weight is 264 g/mol. The van der Waals surface area contributed by atoms with E-state index in [-0.39, 0.29) is 0 Å². The van der Waals surface area contributed by atoms with Gasteiger partial charge in [-0.25, -0.2) is 4.79 Å². The Bertz CT molecular complexity index is 350. The van der Waals surface area contributed by atoms with E-state index in [0.717, 1.165) is 10.0 Å². The van der Waals surface area contributed by atoms with Crippen molar-refractivity contribution in [2.75, 3.05) is 7.11 Å². The van der Waals surface area contributed by atoms with Crippen molar-refractivity contribution in [3.05, 3.63) is 32.8 Å². The Hall–Kier alpha value is -0.540. The van der Waals surface area contributed by atoms with Crippen LogP contribution in [0.1, 0.15) is 15.9 Å². The molecule has 4 heteroatoms. The second-order valence-electron chi connectivity index (χ2n) is 2.57. The summed E-state index contributed by atoms with van der Waals surface area (Å²) in [4.78, 5) is 11.2. The van der Waals surface area contributed by atoms with Crippen LogP contribution in [0, 0.1) is 6.92 Å². The van der Waals surface area contributed by atoms with Crippen LogP contribution in [0.3, 0.4) is 0 Å². The quantitative estimate of drug-likeness (QED) is 0.727. The number of rotatable bonds is 1. The predicted molar refractivity (Wildman–Crippen MR) is 55.2 cm³/mol. The normalized spacial score (nSPS) is 9.85. The minimum Gasteiger partial charge on any atom is -0.465 e. The molecule has 0 radical (unpaired) electrons. The molecule has 1 aromatic rings. The highest BCUT2D eigenvalue weighted by Crippen LogP contribution is 2.25. The zero-order valence-corrected chi connectivity index (χ0v) is 9.57. The van der Waals surface area contributed by atoms with Gasteiger partial charge in [-0.15, -0.1) is 0 Å². The van der Waals surface area contributed by atoms with Crippen LogP contribution < -0.4 is 0 Å². The van der Waals surface area contributed by atoms with Crippen LogP contribution >= 0.6 is 27.5 Å². The Morgan fingerprint density at radius 3 is 2.69 bits per heavy atom. The molecule has 0 aliphatic carbocycles. The van der Waals surface area contributed by atoms with Gasteiger partial charge in [0.2, 0.25) is 0 Å². The summed E-state index contributed by atoms with van der Waals surface area (Å²) in [6.45, 7) is 1.90. The summed E-state index contributed by atoms with van der Waals surface area (Å²) >= 11 is 9.16. The summed E-state index contributed by atoms with van der Waals surface area (Å²) in [5.74, 6) is -0.425. The van der Waals surface area contributed by atoms with Crippen LogP contribution in [0.15, 0.2) is 16.6 Å². The van der Waals surface area contributed by atoms with Crippen LogP contribution in [0.25, 0.3) is 0 Å². The zero-order valence-electron chi connectivity index (χ0n) is 7.23. The highest BCUT2D eigenvalue weighted by atomic mass is 79.9. The minimum atomic E-state index is -0.425. The van der Waals surface area contributed by atoms with Gasteiger partial charge in [0.1, 0.15) is 0 Å². The number of hydrogen-bond donors (Lipinski definition) is 0. The molecule has 0 atom stereocenters. The van der Waals surface area contributed by atoms with E-state index in [1.807, 2.05) is 6.92 Å². The molecule has 0 bridgehead atoms. The second kappa shape index (κ2) is 4.11. The van der Waals surface area contributed by atoms with Crippen LogP contribution in [0.5, 0.6) is 0 Å². The summed E-state index contributed by atoms with van der Waals surface area (Å²) < 4.78 is 5.41. The van der Waals surface area contributed by atoms with E-state index in [9.17, 15) is 4.79 Å². The van der Waals surface area contributed by atoms with E-state index < -0.39 is 5.97 Å². The van der Waals surface area contributed by atoms with E-state index >= 15 is 0 Å². The van der Waals surface area contributed by atoms with Gasteiger partial charge in [-0.2, -0.15) is 0 Å². The SMILES string of the molecule is COC(=O)c1cc(Br)c(C)cc1Cl. The Morgan fingerprint density at radius 1 is 1.54 bits per heavy atom. The van der Waals surface area contributed by atoms with Crippen molar-refractivity contribution in [3.8, 4) is 0 Å². The smallest absolute Gasteiger partial charge is 0.339 e. The topological polar surface area (TPSA) is 26.3 Å². The second-order valence-corrected chi connectivity index (χ2v) is 3.83. The van der Waals surface area contributed by atoms with Crippen molar-refractivity contribution >= 4 is 33.5 Å². The number of hydrogen-bond acceptors (Lipinski definition) is 2. The fraction of sp³-hybridized carbons (Fsp3) is 0.222. The van der Waals surface area contributed by atoms with E-state index in [1.54, 1.807) is 12.1 Å². The van der Waals surface area contributed by atoms with Crippen LogP contribution in [0.2, 0.25) is 5.02 Å². The summed E-state index contributed by atoms with van der Waals surface area (Å²) in [7, 11) is 1.33. The fourth-order valence-electron chi connectivity index (χ4n) is 0.913. The number of halogens is 2. The van der Waals surface area contributed by atoms with Crippen molar-refractivity contribution in [1.82, 2.24) is 0 Å². The number of carbonyl (C=O) groups excluding carboxylic acids is 1. The van der Waals surface area contributed by atoms with Gasteiger partial charge in [0.05, 0.1) is 17.7 Å². The molecule has 0 spiro atoms. The third kappa shape index (κ3) is 2.23. The van der Waals surface area contributed by atoms with E-state index in [1.165, 1.54) is 7.11 Å². The van der Waals surface area contributed by atoms with Crippen LogP contribution in [-0.4, -0.2) is 13.1 Å². The third-order valence-electron chi connectivity index (χ3n) is 1.65. The van der Waals surface area contributed by atoms with Crippen LogP contribution in [0.4, 0.5) is 0 Å². The molecule has 0 heterocycles. The highest BCUT2D eigenvalue weighted by Gasteiger charge is 2.12. The third-order valence-corrected chi connectivity index (χ3v) is 2.82. The van der Waals surface area contributed by atoms with Gasteiger partial charge in [-0.1, -0.05) is 27.5 Å². The molecule has 0 aliphatic heterocycles. The van der Waals surface area contributed by atoms with Crippen molar-refractivity contribution in [2.24, 2.45) is 0 Å². The number of methoxy groups -OCH3 is 1. The van der Waals surface area contributed by atoms with Gasteiger partial charge in [0.15, 0.2) is 0 Å². The lowest BCUT2D eigenvalue weighted by atomic mass is 10.1. The van der Waals surface area contributed by atoms with Crippen LogP contribution in [-0.2, 0) is 4.74 Å². The number of carbonyl (C=O) groups is 1. The summed E-state index contributed by atoms with van der Waals surface area (Å²) in [5, 5.41) is 0.410. The number of benzene rings is 1. The lowest BCUT2D eigenvalue weighted by Crippen LogP contribution is -2.02. The molecular formula is C9H8BrClO2. The van der Waals surface area contributed by atoms with Crippen molar-refractivity contribution in [1.29, 1.82) is 0 Å². The Balaban J connectivity index is 3.23. The van der Waals surface area contributed by atoms with E-state index in [0.29, 0.717) is 10.6 Å². The number of aryl methyl sites for hydroxylation is 1. The van der Waals surface area contributed by atoms with Crippen molar-refractivity contribution in [3.63, 3.8) is 0 Å². The first kappa shape index (κ1) is 10.5. The largest absolute Gasteiger partial charge is 0.465 e. The van der Waals surface area contributed by atoms with Gasteiger partial charge in [-0.3, -0.25) is 0 Å². The Kier molecular flexibility index (Phi) is 3.33. The molecule has 1 rings (SSSR count). The summed E-state index contributed by atoms with van der Waals surface area (Å²) in [6, 6.07) is 3.38. The van der Waals surface area contributed by atoms with E-state index in [4.69, 9.17) is 11.6 Å². The molecule has 70 valence electrons.